The monoisotopic (exact) mass is 344 g/mol. The van der Waals surface area contributed by atoms with Crippen LogP contribution in [0.3, 0.4) is 0 Å². The fraction of sp³-hybridized carbons (Fsp3) is 0.533. The molecule has 5 nitrogen and oxygen atoms in total. The zero-order chi connectivity index (χ0) is 16.2. The summed E-state index contributed by atoms with van der Waals surface area (Å²) in [7, 11) is -3.44. The highest BCUT2D eigenvalue weighted by Crippen LogP contribution is 2.22. The molecular formula is C15H21ClN2O3S. The molecule has 7 heteroatoms. The van der Waals surface area contributed by atoms with E-state index in [-0.39, 0.29) is 24.1 Å². The average molecular weight is 345 g/mol. The first-order valence-corrected chi connectivity index (χ1v) is 9.41. The van der Waals surface area contributed by atoms with E-state index in [0.717, 1.165) is 6.42 Å². The summed E-state index contributed by atoms with van der Waals surface area (Å²) in [5, 5.41) is 3.29. The van der Waals surface area contributed by atoms with Crippen molar-refractivity contribution in [1.82, 2.24) is 9.62 Å². The first-order chi connectivity index (χ1) is 10.4. The Morgan fingerprint density at radius 2 is 2.23 bits per heavy atom. The number of rotatable bonds is 5. The minimum Gasteiger partial charge on any atom is -0.356 e. The van der Waals surface area contributed by atoms with E-state index < -0.39 is 10.0 Å². The number of halogens is 1. The summed E-state index contributed by atoms with van der Waals surface area (Å²) >= 11 is 5.90. The first kappa shape index (κ1) is 17.2. The quantitative estimate of drug-likeness (QED) is 0.888. The summed E-state index contributed by atoms with van der Waals surface area (Å²) in [4.78, 5) is 11.9. The number of piperidine rings is 1. The molecule has 1 atom stereocenters. The van der Waals surface area contributed by atoms with Gasteiger partial charge >= 0.3 is 0 Å². The number of carbonyl (C=O) groups is 1. The highest BCUT2D eigenvalue weighted by molar-refractivity contribution is 7.88. The Hall–Kier alpha value is -1.11. The minimum absolute atomic E-state index is 0.0647. The number of nitrogens with one attached hydrogen (secondary N) is 1. The van der Waals surface area contributed by atoms with Crippen LogP contribution in [0.15, 0.2) is 24.3 Å². The lowest BCUT2D eigenvalue weighted by Gasteiger charge is -2.31. The van der Waals surface area contributed by atoms with Crippen molar-refractivity contribution in [2.24, 2.45) is 5.92 Å². The maximum atomic E-state index is 12.5. The number of benzene rings is 1. The van der Waals surface area contributed by atoms with Crippen LogP contribution < -0.4 is 5.32 Å². The van der Waals surface area contributed by atoms with Gasteiger partial charge in [0.1, 0.15) is 0 Å². The van der Waals surface area contributed by atoms with E-state index in [1.807, 2.05) is 6.92 Å². The molecule has 0 bridgehead atoms. The zero-order valence-corrected chi connectivity index (χ0v) is 14.2. The fourth-order valence-electron chi connectivity index (χ4n) is 2.66. The number of nitrogens with zero attached hydrogens (tertiary/aromatic N) is 1. The van der Waals surface area contributed by atoms with Gasteiger partial charge in [-0.3, -0.25) is 4.79 Å². The van der Waals surface area contributed by atoms with Crippen LogP contribution in [0, 0.1) is 5.92 Å². The Balaban J connectivity index is 2.07. The number of sulfonamides is 1. The van der Waals surface area contributed by atoms with Gasteiger partial charge in [0.2, 0.25) is 15.9 Å². The van der Waals surface area contributed by atoms with Crippen molar-refractivity contribution in [2.75, 3.05) is 19.6 Å². The lowest BCUT2D eigenvalue weighted by molar-refractivity contribution is -0.125. The molecule has 1 aliphatic rings. The maximum Gasteiger partial charge on any atom is 0.224 e. The molecule has 0 saturated carbocycles. The van der Waals surface area contributed by atoms with Gasteiger partial charge in [-0.15, -0.1) is 0 Å². The van der Waals surface area contributed by atoms with Crippen molar-refractivity contribution in [3.63, 3.8) is 0 Å². The Morgan fingerprint density at radius 3 is 2.91 bits per heavy atom. The van der Waals surface area contributed by atoms with Crippen LogP contribution in [-0.4, -0.2) is 38.3 Å². The van der Waals surface area contributed by atoms with Crippen LogP contribution in [0.5, 0.6) is 0 Å². The van der Waals surface area contributed by atoms with Crippen LogP contribution in [0.2, 0.25) is 5.02 Å². The summed E-state index contributed by atoms with van der Waals surface area (Å²) < 4.78 is 26.5. The molecule has 22 heavy (non-hydrogen) atoms. The standard InChI is InChI=1S/C15H21ClN2O3S/c1-2-17-15(19)13-6-4-8-18(10-13)22(20,21)11-12-5-3-7-14(16)9-12/h3,5,7,9,13H,2,4,6,8,10-11H2,1H3,(H,17,19). The Bertz CT molecular complexity index is 633. The molecule has 2 rings (SSSR count). The van der Waals surface area contributed by atoms with E-state index in [1.165, 1.54) is 4.31 Å². The second-order valence-electron chi connectivity index (χ2n) is 5.48. The molecule has 0 aromatic heterocycles. The van der Waals surface area contributed by atoms with Crippen molar-refractivity contribution in [2.45, 2.75) is 25.5 Å². The Kier molecular flexibility index (Phi) is 5.83. The molecule has 1 N–H and O–H groups in total. The molecule has 1 fully saturated rings. The summed E-state index contributed by atoms with van der Waals surface area (Å²) in [5.74, 6) is -0.414. The molecule has 122 valence electrons. The third-order valence-corrected chi connectivity index (χ3v) is 5.79. The third kappa shape index (κ3) is 4.44. The molecule has 1 saturated heterocycles. The SMILES string of the molecule is CCNC(=O)C1CCCN(S(=O)(=O)Cc2cccc(Cl)c2)C1. The number of amides is 1. The van der Waals surface area contributed by atoms with Gasteiger partial charge in [-0.05, 0) is 37.5 Å². The van der Waals surface area contributed by atoms with Crippen molar-refractivity contribution in [1.29, 1.82) is 0 Å². The van der Waals surface area contributed by atoms with E-state index in [1.54, 1.807) is 24.3 Å². The molecule has 1 amide bonds. The largest absolute Gasteiger partial charge is 0.356 e. The lowest BCUT2D eigenvalue weighted by atomic mass is 9.99. The smallest absolute Gasteiger partial charge is 0.224 e. The van der Waals surface area contributed by atoms with Gasteiger partial charge in [-0.2, -0.15) is 0 Å². The summed E-state index contributed by atoms with van der Waals surface area (Å²) in [5.41, 5.74) is 0.660. The van der Waals surface area contributed by atoms with E-state index in [2.05, 4.69) is 5.32 Å². The Labute approximate surface area is 136 Å². The van der Waals surface area contributed by atoms with Gasteiger partial charge in [0.05, 0.1) is 11.7 Å². The highest BCUT2D eigenvalue weighted by Gasteiger charge is 2.32. The van der Waals surface area contributed by atoms with Gasteiger partial charge in [0, 0.05) is 24.7 Å². The number of carbonyl (C=O) groups excluding carboxylic acids is 1. The normalized spacial score (nSPS) is 19.8. The third-order valence-electron chi connectivity index (χ3n) is 3.74. The van der Waals surface area contributed by atoms with E-state index >= 15 is 0 Å². The maximum absolute atomic E-state index is 12.5. The second kappa shape index (κ2) is 7.44. The predicted molar refractivity (Wildman–Crippen MR) is 87.1 cm³/mol. The van der Waals surface area contributed by atoms with Crippen molar-refractivity contribution in [3.8, 4) is 0 Å². The minimum atomic E-state index is -3.44. The fourth-order valence-corrected chi connectivity index (χ4v) is 4.47. The lowest BCUT2D eigenvalue weighted by Crippen LogP contribution is -2.45. The predicted octanol–water partition coefficient (Wildman–Crippen LogP) is 2.02. The van der Waals surface area contributed by atoms with Crippen LogP contribution >= 0.6 is 11.6 Å². The van der Waals surface area contributed by atoms with Gasteiger partial charge in [0.15, 0.2) is 0 Å². The second-order valence-corrected chi connectivity index (χ2v) is 7.88. The van der Waals surface area contributed by atoms with Gasteiger partial charge in [0.25, 0.3) is 0 Å². The van der Waals surface area contributed by atoms with Crippen LogP contribution in [-0.2, 0) is 20.6 Å². The van der Waals surface area contributed by atoms with Crippen molar-refractivity contribution in [3.05, 3.63) is 34.9 Å². The van der Waals surface area contributed by atoms with E-state index in [4.69, 9.17) is 11.6 Å². The molecule has 1 aromatic rings. The molecule has 0 spiro atoms. The molecule has 1 unspecified atom stereocenters. The summed E-state index contributed by atoms with van der Waals surface area (Å²) in [6.07, 6.45) is 1.44. The highest BCUT2D eigenvalue weighted by atomic mass is 35.5. The first-order valence-electron chi connectivity index (χ1n) is 7.42. The van der Waals surface area contributed by atoms with Crippen LogP contribution in [0.4, 0.5) is 0 Å². The molecule has 1 heterocycles. The molecule has 0 aliphatic carbocycles. The van der Waals surface area contributed by atoms with Crippen molar-refractivity contribution < 1.29 is 13.2 Å². The van der Waals surface area contributed by atoms with Gasteiger partial charge in [-0.25, -0.2) is 12.7 Å². The summed E-state index contributed by atoms with van der Waals surface area (Å²) in [6, 6.07) is 6.85. The van der Waals surface area contributed by atoms with E-state index in [0.29, 0.717) is 30.1 Å². The molecule has 1 aliphatic heterocycles. The zero-order valence-electron chi connectivity index (χ0n) is 12.6. The molecular weight excluding hydrogens is 324 g/mol. The molecule has 0 radical (unpaired) electrons. The van der Waals surface area contributed by atoms with Crippen LogP contribution in [0.25, 0.3) is 0 Å². The number of hydrogen-bond acceptors (Lipinski definition) is 3. The Morgan fingerprint density at radius 1 is 1.45 bits per heavy atom. The average Bonchev–Trinajstić information content (AvgIpc) is 2.47. The molecule has 1 aromatic carbocycles. The number of hydrogen-bond donors (Lipinski definition) is 1. The van der Waals surface area contributed by atoms with Crippen molar-refractivity contribution >= 4 is 27.5 Å². The van der Waals surface area contributed by atoms with Gasteiger partial charge in [-0.1, -0.05) is 23.7 Å². The van der Waals surface area contributed by atoms with E-state index in [9.17, 15) is 13.2 Å². The summed E-state index contributed by atoms with van der Waals surface area (Å²) in [6.45, 7) is 3.15. The van der Waals surface area contributed by atoms with Gasteiger partial charge < -0.3 is 5.32 Å². The van der Waals surface area contributed by atoms with Crippen LogP contribution in [0.1, 0.15) is 25.3 Å². The topological polar surface area (TPSA) is 66.5 Å².